The summed E-state index contributed by atoms with van der Waals surface area (Å²) in [6.07, 6.45) is 23.0. The fourth-order valence-corrected chi connectivity index (χ4v) is 14.3. The van der Waals surface area contributed by atoms with Crippen molar-refractivity contribution in [2.45, 2.75) is 153 Å². The Morgan fingerprint density at radius 3 is 1.14 bits per heavy atom. The lowest BCUT2D eigenvalue weighted by Gasteiger charge is -2.55. The monoisotopic (exact) mass is 606 g/mol. The number of hydrogen-bond donors (Lipinski definition) is 3. The summed E-state index contributed by atoms with van der Waals surface area (Å²) in [5, 5.41) is 18.3. The highest BCUT2D eigenvalue weighted by molar-refractivity contribution is 5.82. The Bertz CT molecular complexity index is 984. The molecule has 0 aromatic carbocycles. The van der Waals surface area contributed by atoms with Crippen LogP contribution in [0.15, 0.2) is 0 Å². The highest BCUT2D eigenvalue weighted by Gasteiger charge is 2.57. The quantitative estimate of drug-likeness (QED) is 0.258. The Hall–Kier alpha value is -1.59. The smallest absolute Gasteiger partial charge is 0.307 e. The maximum absolute atomic E-state index is 14.1. The van der Waals surface area contributed by atoms with Crippen LogP contribution < -0.4 is 10.6 Å². The molecule has 6 nitrogen and oxygen atoms in total. The molecule has 6 heteroatoms. The van der Waals surface area contributed by atoms with E-state index in [4.69, 9.17) is 0 Å². The van der Waals surface area contributed by atoms with Gasteiger partial charge in [-0.25, -0.2) is 0 Å². The number of carboxylic acids is 1. The summed E-state index contributed by atoms with van der Waals surface area (Å²) in [6, 6.07) is 0.573. The highest BCUT2D eigenvalue weighted by atomic mass is 16.4. The second kappa shape index (κ2) is 11.6. The zero-order valence-corrected chi connectivity index (χ0v) is 27.1. The van der Waals surface area contributed by atoms with Gasteiger partial charge in [-0.15, -0.1) is 0 Å². The maximum atomic E-state index is 14.1. The van der Waals surface area contributed by atoms with Crippen LogP contribution in [-0.4, -0.2) is 35.0 Å². The number of rotatable bonds is 9. The predicted octanol–water partition coefficient (Wildman–Crippen LogP) is 7.25. The van der Waals surface area contributed by atoms with E-state index in [1.807, 2.05) is 0 Å². The molecule has 10 fully saturated rings. The van der Waals surface area contributed by atoms with Gasteiger partial charge in [-0.3, -0.25) is 14.4 Å². The Morgan fingerprint density at radius 2 is 0.841 bits per heavy atom. The van der Waals surface area contributed by atoms with Crippen molar-refractivity contribution < 1.29 is 19.5 Å². The minimum atomic E-state index is -0.751. The maximum Gasteiger partial charge on any atom is 0.307 e. The van der Waals surface area contributed by atoms with Gasteiger partial charge in [-0.2, -0.15) is 0 Å². The number of carbonyl (C=O) groups is 3. The van der Waals surface area contributed by atoms with E-state index in [9.17, 15) is 19.5 Å². The summed E-state index contributed by atoms with van der Waals surface area (Å²) in [4.78, 5) is 41.7. The molecule has 44 heavy (non-hydrogen) atoms. The number of amides is 2. The summed E-state index contributed by atoms with van der Waals surface area (Å²) in [6.45, 7) is 0. The van der Waals surface area contributed by atoms with Crippen molar-refractivity contribution in [3.63, 3.8) is 0 Å². The second-order valence-corrected chi connectivity index (χ2v) is 18.0. The topological polar surface area (TPSA) is 95.5 Å². The SMILES string of the molecule is O=C(CC1(C(C(=O)O)C2(CC(=O)NC3C4CC5CC(C4)CC3C5)CCCCC2)CCCCC1)NC1C2CC3CC(C2)CC1C3. The lowest BCUT2D eigenvalue weighted by molar-refractivity contribution is -0.163. The fourth-order valence-electron chi connectivity index (χ4n) is 14.3. The predicted molar refractivity (Wildman–Crippen MR) is 169 cm³/mol. The molecule has 8 bridgehead atoms. The largest absolute Gasteiger partial charge is 0.481 e. The average molecular weight is 607 g/mol. The van der Waals surface area contributed by atoms with Crippen LogP contribution in [0.3, 0.4) is 0 Å². The number of nitrogens with one attached hydrogen (secondary N) is 2. The first-order valence-corrected chi connectivity index (χ1v) is 19.1. The summed E-state index contributed by atoms with van der Waals surface area (Å²) in [5.41, 5.74) is -1.11. The molecule has 10 saturated carbocycles. The molecule has 244 valence electrons. The van der Waals surface area contributed by atoms with Gasteiger partial charge in [0, 0.05) is 24.9 Å². The van der Waals surface area contributed by atoms with Gasteiger partial charge in [-0.05, 0) is 148 Å². The van der Waals surface area contributed by atoms with Crippen LogP contribution in [-0.2, 0) is 14.4 Å². The van der Waals surface area contributed by atoms with Crippen LogP contribution in [0.2, 0.25) is 0 Å². The molecule has 0 atom stereocenters. The van der Waals surface area contributed by atoms with Gasteiger partial charge in [0.25, 0.3) is 0 Å². The molecule has 0 aromatic heterocycles. The molecule has 10 rings (SSSR count). The van der Waals surface area contributed by atoms with Crippen LogP contribution in [0.1, 0.15) is 141 Å². The standard InChI is InChI=1S/C38H58N2O4/c41-31(39-33-27-13-23-11-24(15-27)16-28(33)14-23)21-37(7-3-1-4-8-37)35(36(43)44)38(9-5-2-6-10-38)22-32(42)40-34-29-17-25-12-26(19-29)20-30(34)18-25/h23-30,33-35H,1-22H2,(H,39,41)(H,40,42)(H,43,44). The third kappa shape index (κ3) is 5.34. The Balaban J connectivity index is 1.02. The van der Waals surface area contributed by atoms with Crippen molar-refractivity contribution in [3.8, 4) is 0 Å². The molecular weight excluding hydrogens is 548 g/mol. The van der Waals surface area contributed by atoms with E-state index in [0.717, 1.165) is 87.9 Å². The Kier molecular flexibility index (Phi) is 7.84. The van der Waals surface area contributed by atoms with E-state index < -0.39 is 22.7 Å². The van der Waals surface area contributed by atoms with E-state index in [2.05, 4.69) is 10.6 Å². The Labute approximate surface area is 265 Å². The number of hydrogen-bond acceptors (Lipinski definition) is 3. The second-order valence-electron chi connectivity index (χ2n) is 18.0. The molecule has 3 N–H and O–H groups in total. The van der Waals surface area contributed by atoms with Gasteiger partial charge in [-0.1, -0.05) is 38.5 Å². The first-order chi connectivity index (χ1) is 21.3. The number of aliphatic carboxylic acids is 1. The van der Waals surface area contributed by atoms with Crippen LogP contribution in [0.4, 0.5) is 0 Å². The molecule has 0 spiro atoms. The zero-order valence-electron chi connectivity index (χ0n) is 27.1. The molecule has 0 unspecified atom stereocenters. The van der Waals surface area contributed by atoms with Gasteiger partial charge < -0.3 is 15.7 Å². The summed E-state index contributed by atoms with van der Waals surface area (Å²) < 4.78 is 0. The molecular formula is C38H58N2O4. The molecule has 0 aliphatic heterocycles. The minimum Gasteiger partial charge on any atom is -0.481 e. The van der Waals surface area contributed by atoms with Crippen molar-refractivity contribution in [2.24, 2.45) is 64.1 Å². The summed E-state index contributed by atoms with van der Waals surface area (Å²) >= 11 is 0. The average Bonchev–Trinajstić information content (AvgIpc) is 2.97. The Morgan fingerprint density at radius 1 is 0.523 bits per heavy atom. The summed E-state index contributed by atoms with van der Waals surface area (Å²) in [5.74, 6) is 4.73. The lowest BCUT2D eigenvalue weighted by atomic mass is 9.51. The third-order valence-corrected chi connectivity index (χ3v) is 15.3. The van der Waals surface area contributed by atoms with Crippen molar-refractivity contribution >= 4 is 17.8 Å². The minimum absolute atomic E-state index is 0.0969. The summed E-state index contributed by atoms with van der Waals surface area (Å²) in [7, 11) is 0. The first kappa shape index (κ1) is 29.8. The van der Waals surface area contributed by atoms with Crippen molar-refractivity contribution in [1.29, 1.82) is 0 Å². The van der Waals surface area contributed by atoms with Crippen molar-refractivity contribution in [3.05, 3.63) is 0 Å². The van der Waals surface area contributed by atoms with Gasteiger partial charge in [0.05, 0.1) is 5.92 Å². The lowest BCUT2D eigenvalue weighted by Crippen LogP contribution is -2.58. The van der Waals surface area contributed by atoms with Gasteiger partial charge >= 0.3 is 5.97 Å². The van der Waals surface area contributed by atoms with Gasteiger partial charge in [0.2, 0.25) is 11.8 Å². The molecule has 10 aliphatic carbocycles. The molecule has 2 amide bonds. The molecule has 0 aromatic rings. The van der Waals surface area contributed by atoms with Gasteiger partial charge in [0.15, 0.2) is 0 Å². The van der Waals surface area contributed by atoms with Gasteiger partial charge in [0.1, 0.15) is 0 Å². The van der Waals surface area contributed by atoms with Crippen molar-refractivity contribution in [2.75, 3.05) is 0 Å². The zero-order chi connectivity index (χ0) is 30.1. The number of carboxylic acid groups (broad SMARTS) is 1. The highest BCUT2D eigenvalue weighted by Crippen LogP contribution is 2.59. The molecule has 0 radical (unpaired) electrons. The molecule has 0 saturated heterocycles. The van der Waals surface area contributed by atoms with Crippen LogP contribution >= 0.6 is 0 Å². The third-order valence-electron chi connectivity index (χ3n) is 15.3. The van der Waals surface area contributed by atoms with E-state index in [0.29, 0.717) is 36.5 Å². The normalized spacial score (nSPS) is 43.4. The molecule has 10 aliphatic rings. The fraction of sp³-hybridized carbons (Fsp3) is 0.921. The van der Waals surface area contributed by atoms with E-state index in [1.54, 1.807) is 0 Å². The van der Waals surface area contributed by atoms with Crippen molar-refractivity contribution in [1.82, 2.24) is 10.6 Å². The van der Waals surface area contributed by atoms with E-state index in [-0.39, 0.29) is 23.9 Å². The van der Waals surface area contributed by atoms with Crippen LogP contribution in [0.25, 0.3) is 0 Å². The number of carbonyl (C=O) groups excluding carboxylic acids is 2. The molecule has 0 heterocycles. The van der Waals surface area contributed by atoms with E-state index in [1.165, 1.54) is 64.2 Å². The van der Waals surface area contributed by atoms with Crippen LogP contribution in [0, 0.1) is 64.1 Å². The first-order valence-electron chi connectivity index (χ1n) is 19.1. The van der Waals surface area contributed by atoms with E-state index >= 15 is 0 Å². The van der Waals surface area contributed by atoms with Crippen LogP contribution in [0.5, 0.6) is 0 Å².